The van der Waals surface area contributed by atoms with Gasteiger partial charge in [0.25, 0.3) is 0 Å². The number of rotatable bonds is 31. The first kappa shape index (κ1) is 39.9. The van der Waals surface area contributed by atoms with Crippen molar-refractivity contribution in [2.24, 2.45) is 0 Å². The van der Waals surface area contributed by atoms with Crippen LogP contribution in [0.2, 0.25) is 0 Å². The van der Waals surface area contributed by atoms with E-state index in [1.54, 1.807) is 0 Å². The van der Waals surface area contributed by atoms with Crippen LogP contribution in [0.3, 0.4) is 0 Å². The molecule has 0 aliphatic heterocycles. The van der Waals surface area contributed by atoms with Crippen molar-refractivity contribution in [3.8, 4) is 0 Å². The van der Waals surface area contributed by atoms with E-state index < -0.39 is 5.97 Å². The Kier molecular flexibility index (Phi) is 31.7. The molecule has 0 saturated heterocycles. The van der Waals surface area contributed by atoms with Gasteiger partial charge in [0.15, 0.2) is 0 Å². The number of hydrogen-bond acceptors (Lipinski definition) is 3. The molecule has 1 unspecified atom stereocenters. The summed E-state index contributed by atoms with van der Waals surface area (Å²) in [5, 5.41) is 8.82. The Morgan fingerprint density at radius 2 is 1.00 bits per heavy atom. The highest BCUT2D eigenvalue weighted by Gasteiger charge is 2.14. The molecule has 0 saturated carbocycles. The molecule has 0 aromatic rings. The van der Waals surface area contributed by atoms with E-state index >= 15 is 0 Å². The number of carboxylic acids is 1. The zero-order valence-electron chi connectivity index (χ0n) is 27.5. The van der Waals surface area contributed by atoms with E-state index in [2.05, 4.69) is 62.5 Å². The lowest BCUT2D eigenvalue weighted by Gasteiger charge is -2.18. The maximum Gasteiger partial charge on any atom is 0.306 e. The number of carboxylic acid groups (broad SMARTS) is 1. The van der Waals surface area contributed by atoms with Gasteiger partial charge in [-0.25, -0.2) is 0 Å². The third-order valence-corrected chi connectivity index (χ3v) is 7.57. The zero-order valence-corrected chi connectivity index (χ0v) is 27.5. The summed E-state index contributed by atoms with van der Waals surface area (Å²) in [6.07, 6.45) is 44.0. The molecule has 4 nitrogen and oxygen atoms in total. The Balaban J connectivity index is 4.11. The van der Waals surface area contributed by atoms with Crippen LogP contribution in [-0.4, -0.2) is 23.1 Å². The summed E-state index contributed by atoms with van der Waals surface area (Å²) < 4.78 is 5.93. The Morgan fingerprint density at radius 3 is 1.52 bits per heavy atom. The highest BCUT2D eigenvalue weighted by atomic mass is 16.5. The molecule has 0 amide bonds. The molecule has 0 aromatic heterocycles. The summed E-state index contributed by atoms with van der Waals surface area (Å²) in [5.41, 5.74) is 0. The maximum atomic E-state index is 12.6. The Morgan fingerprint density at radius 1 is 0.548 bits per heavy atom. The Bertz CT molecular complexity index is 719. The third-order valence-electron chi connectivity index (χ3n) is 7.57. The predicted molar refractivity (Wildman–Crippen MR) is 181 cm³/mol. The molecule has 42 heavy (non-hydrogen) atoms. The van der Waals surface area contributed by atoms with Gasteiger partial charge < -0.3 is 9.84 Å². The quantitative estimate of drug-likeness (QED) is 0.0498. The molecule has 0 heterocycles. The van der Waals surface area contributed by atoms with Gasteiger partial charge in [0.1, 0.15) is 6.10 Å². The number of ether oxygens (including phenoxy) is 1. The number of hydrogen-bond donors (Lipinski definition) is 1. The highest BCUT2D eigenvalue weighted by Crippen LogP contribution is 2.18. The van der Waals surface area contributed by atoms with Crippen LogP contribution in [0.4, 0.5) is 0 Å². The second-order valence-corrected chi connectivity index (χ2v) is 11.7. The largest absolute Gasteiger partial charge is 0.481 e. The summed E-state index contributed by atoms with van der Waals surface area (Å²) in [6, 6.07) is 0. The van der Waals surface area contributed by atoms with Gasteiger partial charge in [-0.15, -0.1) is 0 Å². The molecule has 1 atom stereocenters. The summed E-state index contributed by atoms with van der Waals surface area (Å²) in [6.45, 7) is 4.42. The average molecular weight is 587 g/mol. The molecular weight excluding hydrogens is 520 g/mol. The number of esters is 1. The van der Waals surface area contributed by atoms with E-state index in [1.165, 1.54) is 57.8 Å². The van der Waals surface area contributed by atoms with Crippen molar-refractivity contribution in [3.63, 3.8) is 0 Å². The summed E-state index contributed by atoms with van der Waals surface area (Å²) in [7, 11) is 0. The molecule has 0 aliphatic carbocycles. The van der Waals surface area contributed by atoms with Crippen LogP contribution in [0.1, 0.15) is 174 Å². The van der Waals surface area contributed by atoms with Gasteiger partial charge in [-0.05, 0) is 77.0 Å². The maximum absolute atomic E-state index is 12.6. The van der Waals surface area contributed by atoms with E-state index in [-0.39, 0.29) is 18.5 Å². The van der Waals surface area contributed by atoms with Crippen molar-refractivity contribution in [3.05, 3.63) is 48.6 Å². The predicted octanol–water partition coefficient (Wildman–Crippen LogP) is 12.0. The van der Waals surface area contributed by atoms with Crippen LogP contribution in [0.25, 0.3) is 0 Å². The molecular formula is C38H66O4. The van der Waals surface area contributed by atoms with Crippen molar-refractivity contribution in [1.29, 1.82) is 0 Å². The lowest BCUT2D eigenvalue weighted by molar-refractivity contribution is -0.150. The molecule has 0 radical (unpaired) electrons. The van der Waals surface area contributed by atoms with E-state index in [9.17, 15) is 9.59 Å². The van der Waals surface area contributed by atoms with Crippen molar-refractivity contribution in [1.82, 2.24) is 0 Å². The van der Waals surface area contributed by atoms with Crippen molar-refractivity contribution in [2.45, 2.75) is 180 Å². The zero-order chi connectivity index (χ0) is 30.8. The molecule has 242 valence electrons. The number of carbonyl (C=O) groups is 2. The summed E-state index contributed by atoms with van der Waals surface area (Å²) >= 11 is 0. The topological polar surface area (TPSA) is 63.6 Å². The molecule has 1 N–H and O–H groups in total. The van der Waals surface area contributed by atoms with Crippen molar-refractivity contribution in [2.75, 3.05) is 0 Å². The van der Waals surface area contributed by atoms with Crippen LogP contribution >= 0.6 is 0 Å². The van der Waals surface area contributed by atoms with Crippen molar-refractivity contribution >= 4 is 11.9 Å². The van der Waals surface area contributed by atoms with Gasteiger partial charge in [0.2, 0.25) is 0 Å². The number of unbranched alkanes of at least 4 members (excludes halogenated alkanes) is 14. The first-order chi connectivity index (χ1) is 20.6. The fraction of sp³-hybridized carbons (Fsp3) is 0.737. The van der Waals surface area contributed by atoms with Gasteiger partial charge in [0.05, 0.1) is 0 Å². The first-order valence-electron chi connectivity index (χ1n) is 17.6. The second-order valence-electron chi connectivity index (χ2n) is 11.7. The molecule has 0 spiro atoms. The van der Waals surface area contributed by atoms with Gasteiger partial charge in [-0.1, -0.05) is 133 Å². The second kappa shape index (κ2) is 33.4. The Hall–Kier alpha value is -2.10. The smallest absolute Gasteiger partial charge is 0.306 e. The highest BCUT2D eigenvalue weighted by molar-refractivity contribution is 5.69. The molecule has 4 heteroatoms. The van der Waals surface area contributed by atoms with E-state index in [0.717, 1.165) is 89.9 Å². The molecule has 0 bridgehead atoms. The van der Waals surface area contributed by atoms with E-state index in [4.69, 9.17) is 9.84 Å². The molecule has 0 rings (SSSR count). The lowest BCUT2D eigenvalue weighted by atomic mass is 10.0. The van der Waals surface area contributed by atoms with Crippen LogP contribution in [-0.2, 0) is 14.3 Å². The van der Waals surface area contributed by atoms with Crippen LogP contribution in [0.15, 0.2) is 48.6 Å². The van der Waals surface area contributed by atoms with Crippen LogP contribution < -0.4 is 0 Å². The minimum atomic E-state index is -0.718. The molecule has 0 aromatic carbocycles. The minimum Gasteiger partial charge on any atom is -0.481 e. The average Bonchev–Trinajstić information content (AvgIpc) is 2.97. The first-order valence-corrected chi connectivity index (χ1v) is 17.6. The van der Waals surface area contributed by atoms with Crippen molar-refractivity contribution < 1.29 is 19.4 Å². The van der Waals surface area contributed by atoms with Crippen LogP contribution in [0, 0.1) is 0 Å². The van der Waals surface area contributed by atoms with E-state index in [1.807, 2.05) is 0 Å². The van der Waals surface area contributed by atoms with Gasteiger partial charge >= 0.3 is 11.9 Å². The third kappa shape index (κ3) is 32.4. The summed E-state index contributed by atoms with van der Waals surface area (Å²) in [5.74, 6) is -0.770. The van der Waals surface area contributed by atoms with Gasteiger partial charge in [-0.2, -0.15) is 0 Å². The number of allylic oxidation sites excluding steroid dienone is 8. The fourth-order valence-electron chi connectivity index (χ4n) is 5.00. The molecule has 0 fully saturated rings. The van der Waals surface area contributed by atoms with E-state index in [0.29, 0.717) is 6.42 Å². The Labute approximate surface area is 260 Å². The normalized spacial score (nSPS) is 12.8. The lowest BCUT2D eigenvalue weighted by Crippen LogP contribution is -2.18. The van der Waals surface area contributed by atoms with Gasteiger partial charge in [-0.3, -0.25) is 9.59 Å². The van der Waals surface area contributed by atoms with Crippen LogP contribution in [0.5, 0.6) is 0 Å². The molecule has 0 aliphatic rings. The fourth-order valence-corrected chi connectivity index (χ4v) is 5.00. The monoisotopic (exact) mass is 586 g/mol. The van der Waals surface area contributed by atoms with Gasteiger partial charge in [0, 0.05) is 12.8 Å². The summed E-state index contributed by atoms with van der Waals surface area (Å²) in [4.78, 5) is 23.3. The number of aliphatic carboxylic acids is 1. The standard InChI is InChI=1S/C38H66O4/c1-3-5-7-9-11-13-15-16-17-18-19-21-23-25-31-35-38(41)42-36(33-29-26-27-30-34-37(39)40)32-28-24-22-20-14-12-10-8-6-4-2/h5,7,11,13,16-17,19,21,36H,3-4,6,8-10,12,14-15,18,20,22-35H2,1-2H3,(H,39,40)/b7-5-,13-11-,17-16-,21-19-. The minimum absolute atomic E-state index is 0.0142. The number of carbonyl (C=O) groups excluding carboxylic acids is 1. The SMILES string of the molecule is CC/C=C\C/C=C\C/C=C\C/C=C\CCCCC(=O)OC(CCCCCCCCCCCC)CCCCCCC(=O)O.